The second-order valence-electron chi connectivity index (χ2n) is 10.2. The Morgan fingerprint density at radius 2 is 2.00 bits per heavy atom. The van der Waals surface area contributed by atoms with Crippen LogP contribution in [-0.4, -0.2) is 55.7 Å². The summed E-state index contributed by atoms with van der Waals surface area (Å²) in [5.74, 6) is 0.909. The van der Waals surface area contributed by atoms with Crippen molar-refractivity contribution in [1.29, 1.82) is 0 Å². The normalized spacial score (nSPS) is 21.2. The zero-order valence-corrected chi connectivity index (χ0v) is 23.3. The van der Waals surface area contributed by atoms with E-state index in [2.05, 4.69) is 28.1 Å². The lowest BCUT2D eigenvalue weighted by atomic mass is 9.76. The lowest BCUT2D eigenvalue weighted by molar-refractivity contribution is 0.0789. The van der Waals surface area contributed by atoms with Crippen LogP contribution in [-0.2, 0) is 15.9 Å². The first-order valence-electron chi connectivity index (χ1n) is 11.8. The first-order valence-corrected chi connectivity index (χ1v) is 14.9. The van der Waals surface area contributed by atoms with E-state index in [1.165, 1.54) is 11.8 Å². The molecule has 4 heterocycles. The monoisotopic (exact) mass is 552 g/mol. The van der Waals surface area contributed by atoms with E-state index >= 15 is 0 Å². The van der Waals surface area contributed by atoms with Gasteiger partial charge >= 0.3 is 0 Å². The lowest BCUT2D eigenvalue weighted by Crippen LogP contribution is -2.42. The zero-order valence-electron chi connectivity index (χ0n) is 20.2. The van der Waals surface area contributed by atoms with Crippen LogP contribution in [0.1, 0.15) is 39.5 Å². The van der Waals surface area contributed by atoms with E-state index in [0.717, 1.165) is 66.8 Å². The summed E-state index contributed by atoms with van der Waals surface area (Å²) < 4.78 is 20.1. The van der Waals surface area contributed by atoms with Crippen LogP contribution in [0.15, 0.2) is 46.6 Å². The molecule has 2 aromatic heterocycles. The van der Waals surface area contributed by atoms with Gasteiger partial charge in [0.25, 0.3) is 0 Å². The molecule has 0 N–H and O–H groups in total. The maximum absolute atomic E-state index is 12.1. The number of fused-ring (bicyclic) bond motifs is 1. The number of nitrogens with zero attached hydrogens (tertiary/aromatic N) is 4. The van der Waals surface area contributed by atoms with Crippen LogP contribution in [0, 0.1) is 5.41 Å². The highest BCUT2D eigenvalue weighted by atomic mass is 35.5. The minimum Gasteiger partial charge on any atom is -0.616 e. The molecule has 5 rings (SSSR count). The SMILES string of the molecule is C[S@+]([O-])C(C)(C)CC1CC2(CCN(c3ncc(Sc4cccc(Cl)c4Cl)c4nccn34)CC2)CO1. The molecule has 0 aliphatic carbocycles. The van der Waals surface area contributed by atoms with E-state index in [0.29, 0.717) is 10.0 Å². The molecule has 10 heteroatoms. The minimum atomic E-state index is -0.867. The fourth-order valence-electron chi connectivity index (χ4n) is 5.09. The Morgan fingerprint density at radius 1 is 1.23 bits per heavy atom. The van der Waals surface area contributed by atoms with Crippen LogP contribution in [0.25, 0.3) is 5.65 Å². The number of hydrogen-bond donors (Lipinski definition) is 0. The van der Waals surface area contributed by atoms with Gasteiger partial charge in [0.1, 0.15) is 4.75 Å². The molecule has 2 saturated heterocycles. The number of piperidine rings is 1. The lowest BCUT2D eigenvalue weighted by Gasteiger charge is -2.39. The van der Waals surface area contributed by atoms with Crippen molar-refractivity contribution in [1.82, 2.24) is 14.4 Å². The largest absolute Gasteiger partial charge is 0.616 e. The van der Waals surface area contributed by atoms with Crippen LogP contribution in [0.4, 0.5) is 5.95 Å². The summed E-state index contributed by atoms with van der Waals surface area (Å²) >= 11 is 13.3. The number of aromatic nitrogens is 3. The van der Waals surface area contributed by atoms with Crippen molar-refractivity contribution >= 4 is 57.7 Å². The van der Waals surface area contributed by atoms with E-state index in [9.17, 15) is 4.55 Å². The Balaban J connectivity index is 1.29. The van der Waals surface area contributed by atoms with Gasteiger partial charge < -0.3 is 14.2 Å². The van der Waals surface area contributed by atoms with Crippen LogP contribution in [0.3, 0.4) is 0 Å². The third-order valence-corrected chi connectivity index (χ3v) is 11.1. The molecule has 0 saturated carbocycles. The van der Waals surface area contributed by atoms with Gasteiger partial charge in [-0.15, -0.1) is 0 Å². The molecule has 2 aliphatic rings. The molecule has 2 atom stereocenters. The Kier molecular flexibility index (Phi) is 7.25. The van der Waals surface area contributed by atoms with Crippen LogP contribution in [0.5, 0.6) is 0 Å². The number of hydrogen-bond acceptors (Lipinski definition) is 6. The van der Waals surface area contributed by atoms with Crippen molar-refractivity contribution in [2.75, 3.05) is 30.9 Å². The first kappa shape index (κ1) is 25.5. The molecule has 1 aromatic carbocycles. The smallest absolute Gasteiger partial charge is 0.211 e. The van der Waals surface area contributed by atoms with E-state index in [-0.39, 0.29) is 16.3 Å². The van der Waals surface area contributed by atoms with Crippen molar-refractivity contribution in [3.63, 3.8) is 0 Å². The number of halogens is 2. The van der Waals surface area contributed by atoms with Gasteiger partial charge in [0, 0.05) is 43.0 Å². The molecular formula is C25H30Cl2N4O2S2. The summed E-state index contributed by atoms with van der Waals surface area (Å²) in [6.07, 6.45) is 11.6. The van der Waals surface area contributed by atoms with Gasteiger partial charge in [-0.25, -0.2) is 9.97 Å². The van der Waals surface area contributed by atoms with Gasteiger partial charge in [0.15, 0.2) is 5.65 Å². The summed E-state index contributed by atoms with van der Waals surface area (Å²) in [6, 6.07) is 5.63. The second-order valence-corrected chi connectivity index (χ2v) is 14.1. The van der Waals surface area contributed by atoms with Crippen molar-refractivity contribution in [3.05, 3.63) is 46.8 Å². The average Bonchev–Trinajstić information content (AvgIpc) is 3.45. The van der Waals surface area contributed by atoms with Gasteiger partial charge in [-0.2, -0.15) is 0 Å². The van der Waals surface area contributed by atoms with Crippen molar-refractivity contribution < 1.29 is 9.29 Å². The summed E-state index contributed by atoms with van der Waals surface area (Å²) in [4.78, 5) is 13.6. The van der Waals surface area contributed by atoms with Gasteiger partial charge in [-0.3, -0.25) is 4.40 Å². The molecule has 2 aliphatic heterocycles. The molecule has 6 nitrogen and oxygen atoms in total. The highest BCUT2D eigenvalue weighted by molar-refractivity contribution is 7.99. The number of anilines is 1. The molecule has 0 radical (unpaired) electrons. The third kappa shape index (κ3) is 5.15. The van der Waals surface area contributed by atoms with E-state index < -0.39 is 11.2 Å². The fraction of sp³-hybridized carbons (Fsp3) is 0.520. The highest BCUT2D eigenvalue weighted by Crippen LogP contribution is 2.45. The fourth-order valence-corrected chi connectivity index (χ4v) is 6.92. The number of imidazole rings is 1. The molecular weight excluding hydrogens is 523 g/mol. The maximum atomic E-state index is 12.1. The quantitative estimate of drug-likeness (QED) is 0.343. The van der Waals surface area contributed by atoms with Crippen molar-refractivity contribution in [2.45, 2.75) is 60.2 Å². The van der Waals surface area contributed by atoms with E-state index in [1.807, 2.05) is 30.7 Å². The Hall–Kier alpha value is -1.16. The Morgan fingerprint density at radius 3 is 2.74 bits per heavy atom. The standard InChI is InChI=1S/C25H30Cl2N4O2S2/c1-24(2,35(3)32)13-17-14-25(16-33-17)7-10-30(11-8-25)23-29-15-20(22-28-9-12-31(22)23)34-19-6-4-5-18(26)21(19)27/h4-6,9,12,15,17H,7-8,10-11,13-14,16H2,1-3H3/t17?,35-/m0/s1. The van der Waals surface area contributed by atoms with E-state index in [4.69, 9.17) is 32.9 Å². The molecule has 0 amide bonds. The number of rotatable bonds is 6. The predicted octanol–water partition coefficient (Wildman–Crippen LogP) is 6.11. The molecule has 35 heavy (non-hydrogen) atoms. The molecule has 188 valence electrons. The average molecular weight is 554 g/mol. The predicted molar refractivity (Wildman–Crippen MR) is 145 cm³/mol. The van der Waals surface area contributed by atoms with Crippen LogP contribution in [0.2, 0.25) is 10.0 Å². The molecule has 1 spiro atoms. The zero-order chi connectivity index (χ0) is 24.8. The number of benzene rings is 1. The van der Waals surface area contributed by atoms with Gasteiger partial charge in [-0.05, 0) is 50.7 Å². The van der Waals surface area contributed by atoms with Crippen LogP contribution < -0.4 is 4.90 Å². The maximum Gasteiger partial charge on any atom is 0.211 e. The molecule has 1 unspecified atom stereocenters. The summed E-state index contributed by atoms with van der Waals surface area (Å²) in [6.45, 7) is 6.79. The molecule has 0 bridgehead atoms. The molecule has 3 aromatic rings. The van der Waals surface area contributed by atoms with Gasteiger partial charge in [-0.1, -0.05) is 52.2 Å². The van der Waals surface area contributed by atoms with Crippen molar-refractivity contribution in [2.24, 2.45) is 5.41 Å². The highest BCUT2D eigenvalue weighted by Gasteiger charge is 2.45. The van der Waals surface area contributed by atoms with Gasteiger partial charge in [0.05, 0.1) is 33.9 Å². The Bertz CT molecular complexity index is 1210. The summed E-state index contributed by atoms with van der Waals surface area (Å²) in [7, 11) is 0. The summed E-state index contributed by atoms with van der Waals surface area (Å²) in [5.41, 5.74) is 1.06. The minimum absolute atomic E-state index is 0.188. The van der Waals surface area contributed by atoms with Crippen LogP contribution >= 0.6 is 35.0 Å². The Labute approximate surface area is 223 Å². The first-order chi connectivity index (χ1) is 16.7. The van der Waals surface area contributed by atoms with Gasteiger partial charge in [0.2, 0.25) is 5.95 Å². The second kappa shape index (κ2) is 9.95. The molecule has 2 fully saturated rings. The third-order valence-electron chi connectivity index (χ3n) is 7.40. The summed E-state index contributed by atoms with van der Waals surface area (Å²) in [5, 5.41) is 1.08. The topological polar surface area (TPSA) is 65.7 Å². The van der Waals surface area contributed by atoms with E-state index in [1.54, 1.807) is 12.3 Å². The van der Waals surface area contributed by atoms with Crippen molar-refractivity contribution in [3.8, 4) is 0 Å². The number of ether oxygens (including phenoxy) is 1.